The number of aromatic amines is 1. The first kappa shape index (κ1) is 17.7. The lowest BCUT2D eigenvalue weighted by molar-refractivity contribution is -0.929. The molecule has 142 valence electrons. The second-order valence-corrected chi connectivity index (χ2v) is 7.09. The monoisotopic (exact) mass is 371 g/mol. The van der Waals surface area contributed by atoms with Crippen molar-refractivity contribution in [2.24, 2.45) is 14.1 Å². The Morgan fingerprint density at radius 3 is 2.52 bits per heavy atom. The number of nitrogens with zero attached hydrogens (tertiary/aromatic N) is 3. The van der Waals surface area contributed by atoms with Crippen LogP contribution in [0.1, 0.15) is 11.4 Å². The van der Waals surface area contributed by atoms with Crippen molar-refractivity contribution in [1.82, 2.24) is 14.1 Å². The lowest BCUT2D eigenvalue weighted by Crippen LogP contribution is -3.13. The van der Waals surface area contributed by atoms with Crippen LogP contribution in [0.3, 0.4) is 0 Å². The molecule has 1 saturated heterocycles. The Labute approximate surface area is 156 Å². The second-order valence-electron chi connectivity index (χ2n) is 7.09. The summed E-state index contributed by atoms with van der Waals surface area (Å²) in [5.41, 5.74) is 1.61. The molecule has 2 N–H and O–H groups in total. The van der Waals surface area contributed by atoms with Crippen molar-refractivity contribution in [2.45, 2.75) is 13.1 Å². The van der Waals surface area contributed by atoms with Crippen molar-refractivity contribution in [2.75, 3.05) is 26.3 Å². The normalized spacial score (nSPS) is 15.5. The van der Waals surface area contributed by atoms with E-state index in [4.69, 9.17) is 4.74 Å². The molecular weight excluding hydrogens is 346 g/mol. The van der Waals surface area contributed by atoms with Crippen LogP contribution in [-0.2, 0) is 31.9 Å². The highest BCUT2D eigenvalue weighted by molar-refractivity contribution is 5.65. The fourth-order valence-corrected chi connectivity index (χ4v) is 3.71. The first-order valence-electron chi connectivity index (χ1n) is 9.22. The van der Waals surface area contributed by atoms with E-state index in [1.54, 1.807) is 7.05 Å². The van der Waals surface area contributed by atoms with Gasteiger partial charge in [0.15, 0.2) is 6.54 Å². The van der Waals surface area contributed by atoms with E-state index in [0.717, 1.165) is 44.2 Å². The topological polar surface area (TPSA) is 77.3 Å². The van der Waals surface area contributed by atoms with Gasteiger partial charge in [0.25, 0.3) is 11.2 Å². The summed E-state index contributed by atoms with van der Waals surface area (Å²) in [6, 6.07) is 10.1. The molecule has 0 bridgehead atoms. The Morgan fingerprint density at radius 1 is 1.11 bits per heavy atom. The molecule has 0 spiro atoms. The van der Waals surface area contributed by atoms with Gasteiger partial charge < -0.3 is 9.64 Å². The van der Waals surface area contributed by atoms with E-state index in [-0.39, 0.29) is 11.2 Å². The molecule has 0 radical (unpaired) electrons. The molecule has 8 nitrogen and oxygen atoms in total. The van der Waals surface area contributed by atoms with Crippen molar-refractivity contribution in [3.05, 3.63) is 62.6 Å². The van der Waals surface area contributed by atoms with Crippen molar-refractivity contribution >= 4 is 11.2 Å². The Balaban J connectivity index is 1.88. The molecule has 27 heavy (non-hydrogen) atoms. The molecule has 0 aliphatic carbocycles. The number of nitrogens with one attached hydrogen (secondary N) is 2. The van der Waals surface area contributed by atoms with E-state index < -0.39 is 0 Å². The lowest BCUT2D eigenvalue weighted by atomic mass is 10.2. The predicted molar refractivity (Wildman–Crippen MR) is 99.7 cm³/mol. The predicted octanol–water partition coefficient (Wildman–Crippen LogP) is -1.68. The zero-order valence-corrected chi connectivity index (χ0v) is 15.7. The van der Waals surface area contributed by atoms with Crippen LogP contribution in [0.2, 0.25) is 0 Å². The number of rotatable bonds is 4. The average Bonchev–Trinajstić information content (AvgIpc) is 3.04. The van der Waals surface area contributed by atoms with E-state index >= 15 is 0 Å². The number of aromatic nitrogens is 4. The molecule has 1 fully saturated rings. The molecule has 1 aliphatic heterocycles. The minimum Gasteiger partial charge on any atom is -0.370 e. The molecule has 1 aliphatic rings. The van der Waals surface area contributed by atoms with E-state index in [9.17, 15) is 9.59 Å². The van der Waals surface area contributed by atoms with Crippen LogP contribution in [-0.4, -0.2) is 40.4 Å². The summed E-state index contributed by atoms with van der Waals surface area (Å²) in [6.07, 6.45) is 0. The number of benzene rings is 1. The third-order valence-electron chi connectivity index (χ3n) is 5.30. The zero-order chi connectivity index (χ0) is 19.0. The third kappa shape index (κ3) is 3.22. The maximum absolute atomic E-state index is 12.9. The first-order valence-corrected chi connectivity index (χ1v) is 9.22. The molecule has 1 aromatic carbocycles. The van der Waals surface area contributed by atoms with Gasteiger partial charge >= 0.3 is 17.1 Å². The van der Waals surface area contributed by atoms with Gasteiger partial charge in [-0.25, -0.2) is 14.3 Å². The van der Waals surface area contributed by atoms with Gasteiger partial charge in [0.1, 0.15) is 19.6 Å². The highest BCUT2D eigenvalue weighted by Crippen LogP contribution is 2.06. The Bertz CT molecular complexity index is 1070. The van der Waals surface area contributed by atoms with E-state index in [0.29, 0.717) is 17.7 Å². The maximum Gasteiger partial charge on any atom is 0.333 e. The fourth-order valence-electron chi connectivity index (χ4n) is 3.71. The van der Waals surface area contributed by atoms with Crippen molar-refractivity contribution < 1.29 is 14.2 Å². The molecule has 4 rings (SSSR count). The molecule has 0 unspecified atom stereocenters. The summed E-state index contributed by atoms with van der Waals surface area (Å²) in [6.45, 7) is 4.67. The van der Waals surface area contributed by atoms with E-state index in [2.05, 4.69) is 4.98 Å². The molecule has 0 saturated carbocycles. The minimum absolute atomic E-state index is 0.275. The smallest absolute Gasteiger partial charge is 0.333 e. The van der Waals surface area contributed by atoms with Crippen LogP contribution in [0.15, 0.2) is 39.9 Å². The highest BCUT2D eigenvalue weighted by atomic mass is 16.5. The van der Waals surface area contributed by atoms with Crippen molar-refractivity contribution in [1.29, 1.82) is 0 Å². The summed E-state index contributed by atoms with van der Waals surface area (Å²) in [7, 11) is 3.22. The maximum atomic E-state index is 12.9. The SMILES string of the molecule is Cn1c(=O)c2c([nH]c(C[NH+]3CCOCC3)[n+]2Cc2ccccc2)n(C)c1=O. The number of ether oxygens (including phenoxy) is 1. The molecular formula is C19H25N5O3+2. The first-order chi connectivity index (χ1) is 13.1. The van der Waals surface area contributed by atoms with Crippen LogP contribution >= 0.6 is 0 Å². The van der Waals surface area contributed by atoms with Gasteiger partial charge in [0.2, 0.25) is 0 Å². The third-order valence-corrected chi connectivity index (χ3v) is 5.30. The zero-order valence-electron chi connectivity index (χ0n) is 15.7. The van der Waals surface area contributed by atoms with Crippen LogP contribution in [0.4, 0.5) is 0 Å². The largest absolute Gasteiger partial charge is 0.370 e. The second kappa shape index (κ2) is 7.13. The molecule has 0 amide bonds. The summed E-state index contributed by atoms with van der Waals surface area (Å²) < 4.78 is 10.2. The standard InChI is InChI=1S/C19H23N5O3/c1-21-17-16(18(25)22(2)19(21)26)24(12-14-6-4-3-5-7-14)15(20-17)13-23-8-10-27-11-9-23/h3-7H,8-13H2,1-2H3/p+2. The average molecular weight is 371 g/mol. The number of aryl methyl sites for hydroxylation is 1. The van der Waals surface area contributed by atoms with E-state index in [1.807, 2.05) is 34.9 Å². The summed E-state index contributed by atoms with van der Waals surface area (Å²) in [5, 5.41) is 0. The molecule has 3 aromatic rings. The van der Waals surface area contributed by atoms with Crippen molar-refractivity contribution in [3.8, 4) is 0 Å². The Kier molecular flexibility index (Phi) is 4.67. The number of morpholine rings is 1. The van der Waals surface area contributed by atoms with Crippen LogP contribution in [0.25, 0.3) is 11.2 Å². The molecule has 3 heterocycles. The number of H-pyrrole nitrogens is 1. The van der Waals surface area contributed by atoms with Gasteiger partial charge in [0, 0.05) is 14.1 Å². The van der Waals surface area contributed by atoms with Crippen LogP contribution in [0.5, 0.6) is 0 Å². The number of imidazole rings is 1. The Morgan fingerprint density at radius 2 is 1.81 bits per heavy atom. The summed E-state index contributed by atoms with van der Waals surface area (Å²) in [5.74, 6) is 0.948. The fraction of sp³-hybridized carbons (Fsp3) is 0.421. The molecule has 0 atom stereocenters. The summed E-state index contributed by atoms with van der Waals surface area (Å²) >= 11 is 0. The van der Waals surface area contributed by atoms with Gasteiger partial charge in [-0.2, -0.15) is 0 Å². The minimum atomic E-state index is -0.328. The van der Waals surface area contributed by atoms with Gasteiger partial charge in [-0.1, -0.05) is 30.3 Å². The quantitative estimate of drug-likeness (QED) is 0.538. The van der Waals surface area contributed by atoms with Crippen molar-refractivity contribution in [3.63, 3.8) is 0 Å². The van der Waals surface area contributed by atoms with Crippen LogP contribution in [0, 0.1) is 0 Å². The number of hydrogen-bond donors (Lipinski definition) is 2. The highest BCUT2D eigenvalue weighted by Gasteiger charge is 2.29. The molecule has 8 heteroatoms. The van der Waals surface area contributed by atoms with E-state index in [1.165, 1.54) is 21.1 Å². The lowest BCUT2D eigenvalue weighted by Gasteiger charge is -2.22. The number of quaternary nitrogens is 1. The van der Waals surface area contributed by atoms with Crippen LogP contribution < -0.4 is 20.7 Å². The Hall–Kier alpha value is -2.71. The molecule has 2 aromatic heterocycles. The summed E-state index contributed by atoms with van der Waals surface area (Å²) in [4.78, 5) is 30.0. The van der Waals surface area contributed by atoms with Gasteiger partial charge in [0.05, 0.1) is 13.2 Å². The van der Waals surface area contributed by atoms with Gasteiger partial charge in [-0.15, -0.1) is 0 Å². The van der Waals surface area contributed by atoms with Gasteiger partial charge in [-0.05, 0) is 5.56 Å². The number of fused-ring (bicyclic) bond motifs is 1. The van der Waals surface area contributed by atoms with Gasteiger partial charge in [-0.3, -0.25) is 13.9 Å². The number of hydrogen-bond acceptors (Lipinski definition) is 3.